The van der Waals surface area contributed by atoms with Crippen LogP contribution in [0.3, 0.4) is 0 Å². The number of fused-ring (bicyclic) bond motifs is 2. The highest BCUT2D eigenvalue weighted by Crippen LogP contribution is 2.29. The van der Waals surface area contributed by atoms with Gasteiger partial charge in [-0.25, -0.2) is 9.78 Å². The first-order valence-electron chi connectivity index (χ1n) is 9.35. The van der Waals surface area contributed by atoms with Crippen LogP contribution in [0.25, 0.3) is 27.5 Å². The van der Waals surface area contributed by atoms with E-state index < -0.39 is 0 Å². The number of aromatic amines is 1. The fourth-order valence-electron chi connectivity index (χ4n) is 3.60. The van der Waals surface area contributed by atoms with Crippen molar-refractivity contribution in [2.24, 2.45) is 0 Å². The van der Waals surface area contributed by atoms with E-state index in [2.05, 4.69) is 40.4 Å². The van der Waals surface area contributed by atoms with Gasteiger partial charge >= 0.3 is 5.69 Å². The minimum absolute atomic E-state index is 0.277. The quantitative estimate of drug-likeness (QED) is 0.440. The molecule has 6 heteroatoms. The van der Waals surface area contributed by atoms with Gasteiger partial charge in [-0.15, -0.1) is 0 Å². The van der Waals surface area contributed by atoms with Gasteiger partial charge in [-0.3, -0.25) is 4.98 Å². The average Bonchev–Trinajstić information content (AvgIpc) is 3.09. The smallest absolute Gasteiger partial charge is 0.285 e. The van der Waals surface area contributed by atoms with Crippen LogP contribution < -0.4 is 5.69 Å². The zero-order valence-corrected chi connectivity index (χ0v) is 16.6. The number of hydrogen-bond donors (Lipinski definition) is 1. The van der Waals surface area contributed by atoms with Crippen LogP contribution in [0.5, 0.6) is 0 Å². The van der Waals surface area contributed by atoms with Crippen molar-refractivity contribution in [1.29, 1.82) is 0 Å². The Morgan fingerprint density at radius 3 is 2.59 bits per heavy atom. The van der Waals surface area contributed by atoms with Gasteiger partial charge in [-0.2, -0.15) is 9.61 Å². The van der Waals surface area contributed by atoms with Crippen LogP contribution in [-0.2, 0) is 5.75 Å². The molecule has 0 radical (unpaired) electrons. The van der Waals surface area contributed by atoms with Gasteiger partial charge < -0.3 is 0 Å². The summed E-state index contributed by atoms with van der Waals surface area (Å²) in [7, 11) is 0. The third-order valence-corrected chi connectivity index (χ3v) is 5.88. The molecule has 5 aromatic rings. The molecule has 0 bridgehead atoms. The molecule has 0 atom stereocenters. The standard InChI is InChI=1S/C23H18N4OS/c1-15-20(17-9-3-2-4-10-17)21-24-22(25-23(28)27(21)26-15)29-14-18-12-7-11-16-8-5-6-13-19(16)18/h2-13H,14H2,1H3,(H,24,25,28). The molecule has 0 saturated heterocycles. The van der Waals surface area contributed by atoms with Crippen molar-refractivity contribution >= 4 is 28.2 Å². The highest BCUT2D eigenvalue weighted by molar-refractivity contribution is 7.98. The Hall–Kier alpha value is -3.38. The Morgan fingerprint density at radius 2 is 1.72 bits per heavy atom. The third-order valence-electron chi connectivity index (χ3n) is 4.96. The molecule has 5 rings (SSSR count). The number of nitrogens with one attached hydrogen (secondary N) is 1. The Kier molecular flexibility index (Phi) is 4.41. The van der Waals surface area contributed by atoms with Crippen LogP contribution in [0.2, 0.25) is 0 Å². The first kappa shape index (κ1) is 17.7. The monoisotopic (exact) mass is 398 g/mol. The topological polar surface area (TPSA) is 63.1 Å². The zero-order valence-electron chi connectivity index (χ0n) is 15.8. The summed E-state index contributed by atoms with van der Waals surface area (Å²) in [4.78, 5) is 20.2. The maximum absolute atomic E-state index is 12.6. The number of rotatable bonds is 4. The van der Waals surface area contributed by atoms with E-state index in [1.807, 2.05) is 49.4 Å². The van der Waals surface area contributed by atoms with Gasteiger partial charge in [-0.05, 0) is 28.8 Å². The molecule has 0 aliphatic carbocycles. The Balaban J connectivity index is 1.55. The van der Waals surface area contributed by atoms with E-state index in [0.717, 1.165) is 16.8 Å². The highest BCUT2D eigenvalue weighted by Gasteiger charge is 2.16. The molecule has 2 aromatic heterocycles. The van der Waals surface area contributed by atoms with Gasteiger partial charge in [0, 0.05) is 11.3 Å². The van der Waals surface area contributed by atoms with Crippen LogP contribution in [0.1, 0.15) is 11.3 Å². The Labute approximate surface area is 171 Å². The molecule has 3 aromatic carbocycles. The molecule has 0 aliphatic heterocycles. The van der Waals surface area contributed by atoms with Gasteiger partial charge in [0.2, 0.25) is 0 Å². The van der Waals surface area contributed by atoms with Gasteiger partial charge in [0.15, 0.2) is 10.8 Å². The van der Waals surface area contributed by atoms with Crippen molar-refractivity contribution in [3.05, 3.63) is 94.5 Å². The highest BCUT2D eigenvalue weighted by atomic mass is 32.2. The number of benzene rings is 3. The Bertz CT molecular complexity index is 1380. The Morgan fingerprint density at radius 1 is 0.966 bits per heavy atom. The lowest BCUT2D eigenvalue weighted by molar-refractivity contribution is 0.780. The third kappa shape index (κ3) is 3.21. The van der Waals surface area contributed by atoms with Crippen LogP contribution in [0.15, 0.2) is 82.7 Å². The van der Waals surface area contributed by atoms with Crippen LogP contribution in [0, 0.1) is 6.92 Å². The van der Waals surface area contributed by atoms with Crippen molar-refractivity contribution in [1.82, 2.24) is 19.6 Å². The molecule has 0 fully saturated rings. The second kappa shape index (κ2) is 7.22. The van der Waals surface area contributed by atoms with Crippen LogP contribution in [0.4, 0.5) is 0 Å². The molecule has 0 saturated carbocycles. The molecule has 29 heavy (non-hydrogen) atoms. The minimum atomic E-state index is -0.277. The first-order valence-corrected chi connectivity index (χ1v) is 10.3. The molecular formula is C23H18N4OS. The van der Waals surface area contributed by atoms with E-state index in [9.17, 15) is 4.79 Å². The van der Waals surface area contributed by atoms with E-state index in [-0.39, 0.29) is 5.69 Å². The van der Waals surface area contributed by atoms with E-state index in [0.29, 0.717) is 16.6 Å². The lowest BCUT2D eigenvalue weighted by atomic mass is 10.1. The predicted molar refractivity (Wildman–Crippen MR) is 117 cm³/mol. The summed E-state index contributed by atoms with van der Waals surface area (Å²) >= 11 is 1.52. The van der Waals surface area contributed by atoms with Crippen molar-refractivity contribution in [2.75, 3.05) is 0 Å². The van der Waals surface area contributed by atoms with Crippen molar-refractivity contribution in [3.8, 4) is 11.1 Å². The minimum Gasteiger partial charge on any atom is -0.285 e. The fraction of sp³-hybridized carbons (Fsp3) is 0.0870. The number of nitrogens with zero attached hydrogens (tertiary/aromatic N) is 3. The van der Waals surface area contributed by atoms with Crippen molar-refractivity contribution in [3.63, 3.8) is 0 Å². The first-order chi connectivity index (χ1) is 14.2. The maximum Gasteiger partial charge on any atom is 0.350 e. The second-order valence-electron chi connectivity index (χ2n) is 6.84. The lowest BCUT2D eigenvalue weighted by Crippen LogP contribution is -2.19. The summed E-state index contributed by atoms with van der Waals surface area (Å²) in [5, 5.41) is 7.41. The predicted octanol–water partition coefficient (Wildman–Crippen LogP) is 4.84. The molecular weight excluding hydrogens is 380 g/mol. The summed E-state index contributed by atoms with van der Waals surface area (Å²) in [5.41, 5.74) is 4.19. The summed E-state index contributed by atoms with van der Waals surface area (Å²) in [6.45, 7) is 1.90. The van der Waals surface area contributed by atoms with E-state index >= 15 is 0 Å². The molecule has 2 heterocycles. The maximum atomic E-state index is 12.6. The van der Waals surface area contributed by atoms with E-state index in [4.69, 9.17) is 4.98 Å². The summed E-state index contributed by atoms with van der Waals surface area (Å²) in [6, 6.07) is 24.5. The fourth-order valence-corrected chi connectivity index (χ4v) is 4.46. The number of aryl methyl sites for hydroxylation is 1. The van der Waals surface area contributed by atoms with Gasteiger partial charge in [-0.1, -0.05) is 84.6 Å². The number of H-pyrrole nitrogens is 1. The normalized spacial score (nSPS) is 11.3. The lowest BCUT2D eigenvalue weighted by Gasteiger charge is -2.06. The van der Waals surface area contributed by atoms with Crippen molar-refractivity contribution < 1.29 is 0 Å². The van der Waals surface area contributed by atoms with E-state index in [1.54, 1.807) is 0 Å². The summed E-state index contributed by atoms with van der Waals surface area (Å²) in [6.07, 6.45) is 0. The largest absolute Gasteiger partial charge is 0.350 e. The molecule has 1 N–H and O–H groups in total. The molecule has 0 spiro atoms. The molecule has 142 valence electrons. The SMILES string of the molecule is Cc1nn2c(=O)[nH]c(SCc3cccc4ccccc34)nc2c1-c1ccccc1. The summed E-state index contributed by atoms with van der Waals surface area (Å²) < 4.78 is 1.35. The second-order valence-corrected chi connectivity index (χ2v) is 7.80. The molecule has 0 unspecified atom stereocenters. The number of aromatic nitrogens is 4. The van der Waals surface area contributed by atoms with E-state index in [1.165, 1.54) is 32.6 Å². The van der Waals surface area contributed by atoms with Gasteiger partial charge in [0.25, 0.3) is 0 Å². The van der Waals surface area contributed by atoms with Gasteiger partial charge in [0.05, 0.1) is 5.69 Å². The number of hydrogen-bond acceptors (Lipinski definition) is 4. The molecule has 5 nitrogen and oxygen atoms in total. The average molecular weight is 398 g/mol. The molecule has 0 amide bonds. The van der Waals surface area contributed by atoms with Crippen molar-refractivity contribution in [2.45, 2.75) is 17.8 Å². The van der Waals surface area contributed by atoms with Crippen LogP contribution in [-0.4, -0.2) is 19.6 Å². The van der Waals surface area contributed by atoms with Crippen LogP contribution >= 0.6 is 11.8 Å². The summed E-state index contributed by atoms with van der Waals surface area (Å²) in [5.74, 6) is 0.717. The van der Waals surface area contributed by atoms with Gasteiger partial charge in [0.1, 0.15) is 0 Å². The zero-order chi connectivity index (χ0) is 19.8. The molecule has 0 aliphatic rings. The number of thioether (sulfide) groups is 1.